The summed E-state index contributed by atoms with van der Waals surface area (Å²) in [7, 11) is 0. The molecule has 2 aliphatic rings. The van der Waals surface area contributed by atoms with Gasteiger partial charge in [-0.05, 0) is 37.5 Å². The monoisotopic (exact) mass is 237 g/mol. The van der Waals surface area contributed by atoms with Crippen LogP contribution in [-0.2, 0) is 0 Å². The van der Waals surface area contributed by atoms with Gasteiger partial charge in [0.25, 0.3) is 0 Å². The van der Waals surface area contributed by atoms with Gasteiger partial charge in [-0.2, -0.15) is 0 Å². The van der Waals surface area contributed by atoms with Crippen molar-refractivity contribution < 1.29 is 0 Å². The van der Waals surface area contributed by atoms with Crippen LogP contribution in [0.5, 0.6) is 0 Å². The SMILES string of the molecule is CC1CCC(CN=C(N)NC2CCCC2)CC1. The fourth-order valence-corrected chi connectivity index (χ4v) is 3.06. The van der Waals surface area contributed by atoms with E-state index in [9.17, 15) is 0 Å². The first-order valence-electron chi connectivity index (χ1n) is 7.30. The van der Waals surface area contributed by atoms with E-state index in [1.54, 1.807) is 0 Å². The Morgan fingerprint density at radius 1 is 1.12 bits per heavy atom. The molecule has 98 valence electrons. The molecule has 17 heavy (non-hydrogen) atoms. The third-order valence-electron chi connectivity index (χ3n) is 4.36. The summed E-state index contributed by atoms with van der Waals surface area (Å²) in [5.74, 6) is 2.37. The molecule has 0 radical (unpaired) electrons. The molecule has 0 heterocycles. The van der Waals surface area contributed by atoms with Crippen LogP contribution >= 0.6 is 0 Å². The number of aliphatic imine (C=N–C) groups is 1. The number of guanidine groups is 1. The highest BCUT2D eigenvalue weighted by molar-refractivity contribution is 5.78. The smallest absolute Gasteiger partial charge is 0.188 e. The summed E-state index contributed by atoms with van der Waals surface area (Å²) < 4.78 is 0. The lowest BCUT2D eigenvalue weighted by molar-refractivity contribution is 0.296. The number of nitrogens with two attached hydrogens (primary N) is 1. The Kier molecular flexibility index (Phi) is 4.69. The van der Waals surface area contributed by atoms with Crippen LogP contribution in [0.4, 0.5) is 0 Å². The molecule has 2 rings (SSSR count). The van der Waals surface area contributed by atoms with Gasteiger partial charge in [-0.25, -0.2) is 0 Å². The Labute approximate surface area is 105 Å². The molecule has 2 fully saturated rings. The van der Waals surface area contributed by atoms with Crippen molar-refractivity contribution in [1.29, 1.82) is 0 Å². The molecule has 0 atom stereocenters. The highest BCUT2D eigenvalue weighted by atomic mass is 15.1. The highest BCUT2D eigenvalue weighted by Crippen LogP contribution is 2.28. The highest BCUT2D eigenvalue weighted by Gasteiger charge is 2.18. The zero-order valence-corrected chi connectivity index (χ0v) is 11.1. The van der Waals surface area contributed by atoms with Crippen molar-refractivity contribution in [1.82, 2.24) is 5.32 Å². The normalized spacial score (nSPS) is 31.7. The quantitative estimate of drug-likeness (QED) is 0.585. The van der Waals surface area contributed by atoms with Crippen LogP contribution < -0.4 is 11.1 Å². The van der Waals surface area contributed by atoms with Crippen molar-refractivity contribution in [2.24, 2.45) is 22.6 Å². The van der Waals surface area contributed by atoms with Crippen LogP contribution in [0.25, 0.3) is 0 Å². The molecular weight excluding hydrogens is 210 g/mol. The zero-order chi connectivity index (χ0) is 12.1. The van der Waals surface area contributed by atoms with Crippen LogP contribution in [0.3, 0.4) is 0 Å². The minimum Gasteiger partial charge on any atom is -0.370 e. The van der Waals surface area contributed by atoms with Gasteiger partial charge in [-0.15, -0.1) is 0 Å². The molecule has 3 nitrogen and oxygen atoms in total. The maximum absolute atomic E-state index is 5.94. The summed E-state index contributed by atoms with van der Waals surface area (Å²) >= 11 is 0. The number of hydrogen-bond acceptors (Lipinski definition) is 1. The standard InChI is InChI=1S/C14H27N3/c1-11-6-8-12(9-7-11)10-16-14(15)17-13-4-2-3-5-13/h11-13H,2-10H2,1H3,(H3,15,16,17). The molecule has 0 aromatic carbocycles. The van der Waals surface area contributed by atoms with Gasteiger partial charge >= 0.3 is 0 Å². The maximum Gasteiger partial charge on any atom is 0.188 e. The van der Waals surface area contributed by atoms with Gasteiger partial charge in [0.2, 0.25) is 0 Å². The van der Waals surface area contributed by atoms with E-state index in [0.717, 1.165) is 18.4 Å². The fraction of sp³-hybridized carbons (Fsp3) is 0.929. The molecule has 0 aliphatic heterocycles. The van der Waals surface area contributed by atoms with E-state index < -0.39 is 0 Å². The molecule has 0 amide bonds. The lowest BCUT2D eigenvalue weighted by Crippen LogP contribution is -2.39. The second-order valence-corrected chi connectivity index (χ2v) is 5.98. The minimum atomic E-state index is 0.588. The minimum absolute atomic E-state index is 0.588. The van der Waals surface area contributed by atoms with Crippen molar-refractivity contribution in [2.75, 3.05) is 6.54 Å². The van der Waals surface area contributed by atoms with Crippen molar-refractivity contribution in [2.45, 2.75) is 64.3 Å². The largest absolute Gasteiger partial charge is 0.370 e. The second-order valence-electron chi connectivity index (χ2n) is 5.98. The lowest BCUT2D eigenvalue weighted by Gasteiger charge is -2.25. The Morgan fingerprint density at radius 3 is 2.41 bits per heavy atom. The molecule has 2 aliphatic carbocycles. The van der Waals surface area contributed by atoms with E-state index in [-0.39, 0.29) is 0 Å². The van der Waals surface area contributed by atoms with E-state index in [2.05, 4.69) is 17.2 Å². The number of nitrogens with zero attached hydrogens (tertiary/aromatic N) is 1. The van der Waals surface area contributed by atoms with E-state index >= 15 is 0 Å². The van der Waals surface area contributed by atoms with Gasteiger partial charge in [-0.3, -0.25) is 4.99 Å². The molecule has 3 N–H and O–H groups in total. The Hall–Kier alpha value is -0.730. The third kappa shape index (κ3) is 4.21. The molecule has 0 bridgehead atoms. The fourth-order valence-electron chi connectivity index (χ4n) is 3.06. The number of rotatable bonds is 3. The first-order valence-corrected chi connectivity index (χ1v) is 7.30. The first kappa shape index (κ1) is 12.7. The van der Waals surface area contributed by atoms with Crippen molar-refractivity contribution in [3.8, 4) is 0 Å². The summed E-state index contributed by atoms with van der Waals surface area (Å²) in [6, 6.07) is 0.588. The van der Waals surface area contributed by atoms with Crippen LogP contribution in [-0.4, -0.2) is 18.5 Å². The predicted molar refractivity (Wildman–Crippen MR) is 73.0 cm³/mol. The van der Waals surface area contributed by atoms with Gasteiger partial charge in [0.15, 0.2) is 5.96 Å². The first-order chi connectivity index (χ1) is 8.24. The second kappa shape index (κ2) is 6.27. The summed E-state index contributed by atoms with van der Waals surface area (Å²) in [6.45, 7) is 3.29. The topological polar surface area (TPSA) is 50.4 Å². The zero-order valence-electron chi connectivity index (χ0n) is 11.1. The lowest BCUT2D eigenvalue weighted by atomic mass is 9.83. The van der Waals surface area contributed by atoms with Gasteiger partial charge < -0.3 is 11.1 Å². The van der Waals surface area contributed by atoms with Crippen molar-refractivity contribution >= 4 is 5.96 Å². The molecule has 0 spiro atoms. The molecule has 0 aromatic heterocycles. The molecule has 0 saturated heterocycles. The van der Waals surface area contributed by atoms with Gasteiger partial charge in [-0.1, -0.05) is 32.6 Å². The van der Waals surface area contributed by atoms with Crippen molar-refractivity contribution in [3.63, 3.8) is 0 Å². The van der Waals surface area contributed by atoms with Gasteiger partial charge in [0, 0.05) is 12.6 Å². The average molecular weight is 237 g/mol. The molecule has 2 saturated carbocycles. The predicted octanol–water partition coefficient (Wildman–Crippen LogP) is 2.66. The van der Waals surface area contributed by atoms with E-state index in [4.69, 9.17) is 5.73 Å². The summed E-state index contributed by atoms with van der Waals surface area (Å²) in [5.41, 5.74) is 5.94. The summed E-state index contributed by atoms with van der Waals surface area (Å²) in [5, 5.41) is 3.35. The summed E-state index contributed by atoms with van der Waals surface area (Å²) in [6.07, 6.45) is 10.6. The van der Waals surface area contributed by atoms with E-state index in [0.29, 0.717) is 12.0 Å². The Bertz CT molecular complexity index is 248. The van der Waals surface area contributed by atoms with Gasteiger partial charge in [0.05, 0.1) is 0 Å². The van der Waals surface area contributed by atoms with E-state index in [1.165, 1.54) is 51.4 Å². The molecular formula is C14H27N3. The number of nitrogens with one attached hydrogen (secondary N) is 1. The maximum atomic E-state index is 5.94. The molecule has 3 heteroatoms. The van der Waals surface area contributed by atoms with Crippen LogP contribution in [0.15, 0.2) is 4.99 Å². The number of hydrogen-bond donors (Lipinski definition) is 2. The van der Waals surface area contributed by atoms with Crippen molar-refractivity contribution in [3.05, 3.63) is 0 Å². The van der Waals surface area contributed by atoms with E-state index in [1.807, 2.05) is 0 Å². The average Bonchev–Trinajstić information content (AvgIpc) is 2.81. The molecule has 0 aromatic rings. The Balaban J connectivity index is 1.68. The van der Waals surface area contributed by atoms with Gasteiger partial charge in [0.1, 0.15) is 0 Å². The molecule has 0 unspecified atom stereocenters. The third-order valence-corrected chi connectivity index (χ3v) is 4.36. The van der Waals surface area contributed by atoms with Crippen LogP contribution in [0, 0.1) is 11.8 Å². The van der Waals surface area contributed by atoms with Crippen LogP contribution in [0.1, 0.15) is 58.3 Å². The Morgan fingerprint density at radius 2 is 1.76 bits per heavy atom. The van der Waals surface area contributed by atoms with Crippen LogP contribution in [0.2, 0.25) is 0 Å². The summed E-state index contributed by atoms with van der Waals surface area (Å²) in [4.78, 5) is 4.52.